The highest BCUT2D eigenvalue weighted by Crippen LogP contribution is 2.35. The van der Waals surface area contributed by atoms with Crippen molar-refractivity contribution in [2.45, 2.75) is 6.54 Å². The fourth-order valence-corrected chi connectivity index (χ4v) is 2.43. The first-order valence-electron chi connectivity index (χ1n) is 6.36. The molecule has 1 aliphatic rings. The van der Waals surface area contributed by atoms with E-state index in [1.54, 1.807) is 18.2 Å². The molecular formula is C15H13ClN2O3. The van der Waals surface area contributed by atoms with Gasteiger partial charge in [-0.3, -0.25) is 4.79 Å². The molecule has 6 heteroatoms. The predicted octanol–water partition coefficient (Wildman–Crippen LogP) is 2.78. The third-order valence-corrected chi connectivity index (χ3v) is 3.51. The molecule has 1 aliphatic heterocycles. The SMILES string of the molecule is NC(=O)c1ccc(NCc2cccc3c2OCO3)cc1Cl. The first kappa shape index (κ1) is 13.6. The molecule has 2 aromatic carbocycles. The van der Waals surface area contributed by atoms with E-state index in [0.29, 0.717) is 17.1 Å². The van der Waals surface area contributed by atoms with Crippen molar-refractivity contribution in [2.24, 2.45) is 5.73 Å². The number of hydrogen-bond acceptors (Lipinski definition) is 4. The van der Waals surface area contributed by atoms with Crippen molar-refractivity contribution in [3.63, 3.8) is 0 Å². The van der Waals surface area contributed by atoms with Gasteiger partial charge in [-0.1, -0.05) is 23.7 Å². The topological polar surface area (TPSA) is 73.6 Å². The predicted molar refractivity (Wildman–Crippen MR) is 79.9 cm³/mol. The molecule has 0 radical (unpaired) electrons. The van der Waals surface area contributed by atoms with Crippen molar-refractivity contribution >= 4 is 23.2 Å². The summed E-state index contributed by atoms with van der Waals surface area (Å²) in [5.74, 6) is 0.958. The third-order valence-electron chi connectivity index (χ3n) is 3.20. The minimum absolute atomic E-state index is 0.242. The Morgan fingerprint density at radius 1 is 1.29 bits per heavy atom. The van der Waals surface area contributed by atoms with E-state index in [1.165, 1.54) is 0 Å². The molecule has 0 atom stereocenters. The lowest BCUT2D eigenvalue weighted by Gasteiger charge is -2.10. The molecule has 0 bridgehead atoms. The third kappa shape index (κ3) is 2.73. The Morgan fingerprint density at radius 2 is 2.14 bits per heavy atom. The standard InChI is InChI=1S/C15H13ClN2O3/c16-12-6-10(4-5-11(12)15(17)19)18-7-9-2-1-3-13-14(9)21-8-20-13/h1-6,18H,7-8H2,(H2,17,19). The fraction of sp³-hybridized carbons (Fsp3) is 0.133. The van der Waals surface area contributed by atoms with Crippen molar-refractivity contribution in [1.29, 1.82) is 0 Å². The van der Waals surface area contributed by atoms with Crippen LogP contribution in [0, 0.1) is 0 Å². The minimum atomic E-state index is -0.544. The number of fused-ring (bicyclic) bond motifs is 1. The van der Waals surface area contributed by atoms with Crippen molar-refractivity contribution in [2.75, 3.05) is 12.1 Å². The monoisotopic (exact) mass is 304 g/mol. The number of rotatable bonds is 4. The summed E-state index contributed by atoms with van der Waals surface area (Å²) in [6, 6.07) is 10.8. The normalized spacial score (nSPS) is 12.2. The Balaban J connectivity index is 1.75. The van der Waals surface area contributed by atoms with Crippen molar-refractivity contribution in [3.05, 3.63) is 52.5 Å². The number of benzene rings is 2. The summed E-state index contributed by atoms with van der Waals surface area (Å²) in [6.45, 7) is 0.796. The molecule has 1 heterocycles. The summed E-state index contributed by atoms with van der Waals surface area (Å²) in [4.78, 5) is 11.1. The van der Waals surface area contributed by atoms with E-state index in [4.69, 9.17) is 26.8 Å². The zero-order valence-corrected chi connectivity index (χ0v) is 11.8. The van der Waals surface area contributed by atoms with Gasteiger partial charge in [0.2, 0.25) is 12.7 Å². The highest BCUT2D eigenvalue weighted by molar-refractivity contribution is 6.34. The maximum absolute atomic E-state index is 11.1. The van der Waals surface area contributed by atoms with Gasteiger partial charge >= 0.3 is 0 Å². The van der Waals surface area contributed by atoms with E-state index >= 15 is 0 Å². The lowest BCUT2D eigenvalue weighted by molar-refractivity contribution is 0.100. The Labute approximate surface area is 126 Å². The molecule has 2 aromatic rings. The van der Waals surface area contributed by atoms with Gasteiger partial charge in [-0.15, -0.1) is 0 Å². The second-order valence-corrected chi connectivity index (χ2v) is 4.97. The van der Waals surface area contributed by atoms with Crippen LogP contribution in [0.1, 0.15) is 15.9 Å². The zero-order chi connectivity index (χ0) is 14.8. The zero-order valence-electron chi connectivity index (χ0n) is 11.1. The van der Waals surface area contributed by atoms with E-state index in [9.17, 15) is 4.79 Å². The molecule has 5 nitrogen and oxygen atoms in total. The van der Waals surface area contributed by atoms with Crippen LogP contribution in [0.15, 0.2) is 36.4 Å². The number of amides is 1. The summed E-state index contributed by atoms with van der Waals surface area (Å²) in [5.41, 5.74) is 7.30. The van der Waals surface area contributed by atoms with E-state index in [2.05, 4.69) is 5.32 Å². The van der Waals surface area contributed by atoms with Gasteiger partial charge in [0.05, 0.1) is 10.6 Å². The minimum Gasteiger partial charge on any atom is -0.454 e. The number of ether oxygens (including phenoxy) is 2. The van der Waals surface area contributed by atoms with Crippen LogP contribution in [-0.2, 0) is 6.54 Å². The molecular weight excluding hydrogens is 292 g/mol. The van der Waals surface area contributed by atoms with Crippen molar-refractivity contribution in [1.82, 2.24) is 0 Å². The largest absolute Gasteiger partial charge is 0.454 e. The molecule has 0 unspecified atom stereocenters. The summed E-state index contributed by atoms with van der Waals surface area (Å²) in [5, 5.41) is 3.55. The van der Waals surface area contributed by atoms with E-state index in [-0.39, 0.29) is 6.79 Å². The molecule has 108 valence electrons. The van der Waals surface area contributed by atoms with Gasteiger partial charge in [0.1, 0.15) is 0 Å². The molecule has 0 aliphatic carbocycles. The van der Waals surface area contributed by atoms with Gasteiger partial charge in [0.25, 0.3) is 0 Å². The molecule has 0 aromatic heterocycles. The van der Waals surface area contributed by atoms with Crippen LogP contribution in [0.4, 0.5) is 5.69 Å². The number of carbonyl (C=O) groups excluding carboxylic acids is 1. The van der Waals surface area contributed by atoms with Crippen LogP contribution in [0.25, 0.3) is 0 Å². The summed E-state index contributed by atoms with van der Waals surface area (Å²) < 4.78 is 10.8. The van der Waals surface area contributed by atoms with Gasteiger partial charge in [0, 0.05) is 17.8 Å². The number of halogens is 1. The van der Waals surface area contributed by atoms with E-state index < -0.39 is 5.91 Å². The quantitative estimate of drug-likeness (QED) is 0.911. The second kappa shape index (κ2) is 5.54. The van der Waals surface area contributed by atoms with E-state index in [0.717, 1.165) is 22.7 Å². The van der Waals surface area contributed by atoms with Crippen LogP contribution in [0.2, 0.25) is 5.02 Å². The number of nitrogens with one attached hydrogen (secondary N) is 1. The lowest BCUT2D eigenvalue weighted by Crippen LogP contribution is -2.11. The Bertz CT molecular complexity index is 703. The van der Waals surface area contributed by atoms with E-state index in [1.807, 2.05) is 18.2 Å². The Kier molecular flexibility index (Phi) is 3.58. The Morgan fingerprint density at radius 3 is 2.90 bits per heavy atom. The van der Waals surface area contributed by atoms with Crippen LogP contribution >= 0.6 is 11.6 Å². The summed E-state index contributed by atoms with van der Waals surface area (Å²) in [7, 11) is 0. The molecule has 0 spiro atoms. The highest BCUT2D eigenvalue weighted by atomic mass is 35.5. The van der Waals surface area contributed by atoms with Gasteiger partial charge in [0.15, 0.2) is 11.5 Å². The van der Waals surface area contributed by atoms with Crippen molar-refractivity contribution < 1.29 is 14.3 Å². The molecule has 0 saturated heterocycles. The average Bonchev–Trinajstić information content (AvgIpc) is 2.93. The molecule has 1 amide bonds. The average molecular weight is 305 g/mol. The van der Waals surface area contributed by atoms with Gasteiger partial charge in [-0.25, -0.2) is 0 Å². The number of hydrogen-bond donors (Lipinski definition) is 2. The number of para-hydroxylation sites is 1. The summed E-state index contributed by atoms with van der Waals surface area (Å²) in [6.07, 6.45) is 0. The molecule has 3 rings (SSSR count). The fourth-order valence-electron chi connectivity index (χ4n) is 2.15. The number of primary amides is 1. The smallest absolute Gasteiger partial charge is 0.250 e. The summed E-state index contributed by atoms with van der Waals surface area (Å²) >= 11 is 6.01. The number of carbonyl (C=O) groups is 1. The van der Waals surface area contributed by atoms with Crippen LogP contribution in [0.5, 0.6) is 11.5 Å². The maximum atomic E-state index is 11.1. The van der Waals surface area contributed by atoms with Gasteiger partial charge < -0.3 is 20.5 Å². The second-order valence-electron chi connectivity index (χ2n) is 4.56. The number of nitrogens with two attached hydrogens (primary N) is 1. The van der Waals surface area contributed by atoms with Crippen molar-refractivity contribution in [3.8, 4) is 11.5 Å². The molecule has 0 fully saturated rings. The molecule has 3 N–H and O–H groups in total. The van der Waals surface area contributed by atoms with Crippen LogP contribution in [-0.4, -0.2) is 12.7 Å². The maximum Gasteiger partial charge on any atom is 0.250 e. The molecule has 0 saturated carbocycles. The Hall–Kier alpha value is -2.40. The first-order valence-corrected chi connectivity index (χ1v) is 6.73. The van der Waals surface area contributed by atoms with Gasteiger partial charge in [-0.05, 0) is 24.3 Å². The van der Waals surface area contributed by atoms with Crippen LogP contribution < -0.4 is 20.5 Å². The number of anilines is 1. The van der Waals surface area contributed by atoms with Gasteiger partial charge in [-0.2, -0.15) is 0 Å². The van der Waals surface area contributed by atoms with Crippen LogP contribution in [0.3, 0.4) is 0 Å². The lowest BCUT2D eigenvalue weighted by atomic mass is 10.1. The first-order chi connectivity index (χ1) is 10.1. The molecule has 21 heavy (non-hydrogen) atoms. The highest BCUT2D eigenvalue weighted by Gasteiger charge is 2.16.